The van der Waals surface area contributed by atoms with Gasteiger partial charge >= 0.3 is 0 Å². The first-order valence-corrected chi connectivity index (χ1v) is 7.85. The molecule has 0 saturated heterocycles. The van der Waals surface area contributed by atoms with Gasteiger partial charge < -0.3 is 10.1 Å². The van der Waals surface area contributed by atoms with Crippen LogP contribution in [0, 0.1) is 25.2 Å². The van der Waals surface area contributed by atoms with E-state index < -0.39 is 5.56 Å². The summed E-state index contributed by atoms with van der Waals surface area (Å²) in [6.07, 6.45) is 0.771. The first kappa shape index (κ1) is 16.5. The zero-order valence-corrected chi connectivity index (χ0v) is 14.2. The van der Waals surface area contributed by atoms with E-state index in [0.717, 1.165) is 17.8 Å². The summed E-state index contributed by atoms with van der Waals surface area (Å²) < 4.78 is 0. The minimum atomic E-state index is -0.474. The number of H-pyrrole nitrogens is 1. The van der Waals surface area contributed by atoms with Gasteiger partial charge in [0.2, 0.25) is 0 Å². The first-order chi connectivity index (χ1) is 11.9. The van der Waals surface area contributed by atoms with Gasteiger partial charge in [0.1, 0.15) is 17.4 Å². The molecule has 0 radical (unpaired) electrons. The SMILES string of the molecule is CCc1nn(-c2ccc(-c3cc(C)[nH]c(=O)c3C#N)c(O)c2)nc1C. The largest absolute Gasteiger partial charge is 0.507 e. The number of nitriles is 1. The third-order valence-corrected chi connectivity index (χ3v) is 3.99. The van der Waals surface area contributed by atoms with Gasteiger partial charge in [-0.2, -0.15) is 20.3 Å². The van der Waals surface area contributed by atoms with Crippen LogP contribution in [0.1, 0.15) is 29.6 Å². The van der Waals surface area contributed by atoms with Gasteiger partial charge in [-0.1, -0.05) is 6.92 Å². The number of hydrogen-bond acceptors (Lipinski definition) is 5. The van der Waals surface area contributed by atoms with E-state index in [1.165, 1.54) is 10.9 Å². The summed E-state index contributed by atoms with van der Waals surface area (Å²) in [4.78, 5) is 16.0. The van der Waals surface area contributed by atoms with Crippen molar-refractivity contribution in [3.63, 3.8) is 0 Å². The van der Waals surface area contributed by atoms with Crippen molar-refractivity contribution in [1.82, 2.24) is 20.0 Å². The van der Waals surface area contributed by atoms with E-state index in [9.17, 15) is 15.2 Å². The second kappa shape index (κ2) is 6.24. The number of aryl methyl sites for hydroxylation is 3. The molecular weight excluding hydrogens is 318 g/mol. The van der Waals surface area contributed by atoms with E-state index in [4.69, 9.17) is 0 Å². The van der Waals surface area contributed by atoms with Crippen molar-refractivity contribution in [1.29, 1.82) is 5.26 Å². The number of pyridine rings is 1. The highest BCUT2D eigenvalue weighted by atomic mass is 16.3. The molecule has 0 aliphatic carbocycles. The molecule has 2 aromatic heterocycles. The zero-order chi connectivity index (χ0) is 18.1. The fourth-order valence-electron chi connectivity index (χ4n) is 2.74. The Balaban J connectivity index is 2.13. The maximum absolute atomic E-state index is 12.0. The van der Waals surface area contributed by atoms with Crippen molar-refractivity contribution in [2.75, 3.05) is 0 Å². The lowest BCUT2D eigenvalue weighted by Crippen LogP contribution is -2.12. The Morgan fingerprint density at radius 3 is 2.60 bits per heavy atom. The average Bonchev–Trinajstić information content (AvgIpc) is 2.95. The summed E-state index contributed by atoms with van der Waals surface area (Å²) in [6, 6.07) is 8.48. The number of hydrogen-bond donors (Lipinski definition) is 2. The summed E-state index contributed by atoms with van der Waals surface area (Å²) in [6.45, 7) is 5.61. The fourth-order valence-corrected chi connectivity index (χ4v) is 2.74. The highest BCUT2D eigenvalue weighted by molar-refractivity contribution is 5.76. The van der Waals surface area contributed by atoms with Gasteiger partial charge in [0.25, 0.3) is 5.56 Å². The van der Waals surface area contributed by atoms with Gasteiger partial charge in [-0.3, -0.25) is 4.79 Å². The van der Waals surface area contributed by atoms with Crippen LogP contribution >= 0.6 is 0 Å². The number of rotatable bonds is 3. The molecule has 0 aliphatic heterocycles. The Kier molecular flexibility index (Phi) is 4.11. The second-order valence-electron chi connectivity index (χ2n) is 5.76. The summed E-state index contributed by atoms with van der Waals surface area (Å²) in [7, 11) is 0. The lowest BCUT2D eigenvalue weighted by molar-refractivity contribution is 0.476. The Hall–Kier alpha value is -3.40. The van der Waals surface area contributed by atoms with E-state index in [1.54, 1.807) is 25.1 Å². The van der Waals surface area contributed by atoms with Crippen molar-refractivity contribution in [3.8, 4) is 28.6 Å². The quantitative estimate of drug-likeness (QED) is 0.764. The smallest absolute Gasteiger partial charge is 0.266 e. The third kappa shape index (κ3) is 2.90. The number of aromatic hydroxyl groups is 1. The van der Waals surface area contributed by atoms with E-state index in [1.807, 2.05) is 19.9 Å². The van der Waals surface area contributed by atoms with Crippen molar-refractivity contribution < 1.29 is 5.11 Å². The maximum atomic E-state index is 12.0. The molecule has 0 amide bonds. The summed E-state index contributed by atoms with van der Waals surface area (Å²) in [5.74, 6) is -0.0491. The van der Waals surface area contributed by atoms with Gasteiger partial charge in [0, 0.05) is 22.9 Å². The number of phenolic OH excluding ortho intramolecular Hbond substituents is 1. The number of aromatic amines is 1. The average molecular weight is 335 g/mol. The Morgan fingerprint density at radius 1 is 1.24 bits per heavy atom. The molecule has 3 aromatic rings. The van der Waals surface area contributed by atoms with Crippen molar-refractivity contribution in [3.05, 3.63) is 57.3 Å². The normalized spacial score (nSPS) is 10.6. The third-order valence-electron chi connectivity index (χ3n) is 3.99. The molecule has 0 unspecified atom stereocenters. The molecule has 0 fully saturated rings. The Morgan fingerprint density at radius 2 is 2.00 bits per heavy atom. The Bertz CT molecular complexity index is 1060. The maximum Gasteiger partial charge on any atom is 0.266 e. The first-order valence-electron chi connectivity index (χ1n) is 7.85. The van der Waals surface area contributed by atoms with Gasteiger partial charge in [-0.05, 0) is 38.5 Å². The molecule has 0 spiro atoms. The molecule has 7 heteroatoms. The lowest BCUT2D eigenvalue weighted by Gasteiger charge is -2.09. The minimum absolute atomic E-state index is 0.0324. The van der Waals surface area contributed by atoms with Crippen LogP contribution in [0.5, 0.6) is 5.75 Å². The predicted molar refractivity (Wildman–Crippen MR) is 92.6 cm³/mol. The molecule has 2 N–H and O–H groups in total. The van der Waals surface area contributed by atoms with E-state index >= 15 is 0 Å². The van der Waals surface area contributed by atoms with Crippen LogP contribution in [0.3, 0.4) is 0 Å². The van der Waals surface area contributed by atoms with Crippen molar-refractivity contribution >= 4 is 0 Å². The molecule has 0 saturated carbocycles. The molecule has 0 bridgehead atoms. The van der Waals surface area contributed by atoms with E-state index in [2.05, 4.69) is 15.2 Å². The molecule has 1 aromatic carbocycles. The van der Waals surface area contributed by atoms with Gasteiger partial charge in [0.15, 0.2) is 0 Å². The number of nitrogens with one attached hydrogen (secondary N) is 1. The topological polar surface area (TPSA) is 108 Å². The minimum Gasteiger partial charge on any atom is -0.507 e. The highest BCUT2D eigenvalue weighted by Crippen LogP contribution is 2.32. The van der Waals surface area contributed by atoms with Crippen LogP contribution in [-0.4, -0.2) is 25.1 Å². The summed E-state index contributed by atoms with van der Waals surface area (Å²) >= 11 is 0. The van der Waals surface area contributed by atoms with Gasteiger partial charge in [0.05, 0.1) is 17.1 Å². The second-order valence-corrected chi connectivity index (χ2v) is 5.76. The fraction of sp³-hybridized carbons (Fsp3) is 0.222. The standard InChI is InChI=1S/C18H17N5O2/c1-4-16-11(3)21-23(22-16)12-5-6-13(17(24)8-12)14-7-10(2)20-18(25)15(14)9-19/h5-8,24H,4H2,1-3H3,(H,20,25). The van der Waals surface area contributed by atoms with Crippen molar-refractivity contribution in [2.45, 2.75) is 27.2 Å². The van der Waals surface area contributed by atoms with E-state index in [-0.39, 0.29) is 11.3 Å². The van der Waals surface area contributed by atoms with Crippen LogP contribution in [0.2, 0.25) is 0 Å². The van der Waals surface area contributed by atoms with Crippen LogP contribution in [0.15, 0.2) is 29.1 Å². The molecular formula is C18H17N5O2. The molecule has 126 valence electrons. The number of aromatic nitrogens is 4. The van der Waals surface area contributed by atoms with Gasteiger partial charge in [-0.25, -0.2) is 0 Å². The van der Waals surface area contributed by atoms with E-state index in [0.29, 0.717) is 22.5 Å². The molecule has 7 nitrogen and oxygen atoms in total. The zero-order valence-electron chi connectivity index (χ0n) is 14.2. The van der Waals surface area contributed by atoms with Crippen molar-refractivity contribution in [2.24, 2.45) is 0 Å². The molecule has 25 heavy (non-hydrogen) atoms. The highest BCUT2D eigenvalue weighted by Gasteiger charge is 2.15. The number of nitrogens with zero attached hydrogens (tertiary/aromatic N) is 4. The molecule has 3 rings (SSSR count). The van der Waals surface area contributed by atoms with Crippen LogP contribution < -0.4 is 5.56 Å². The molecule has 0 atom stereocenters. The van der Waals surface area contributed by atoms with Crippen LogP contribution in [0.4, 0.5) is 0 Å². The predicted octanol–water partition coefficient (Wildman–Crippen LogP) is 2.38. The summed E-state index contributed by atoms with van der Waals surface area (Å²) in [5.41, 5.74) is 3.24. The van der Waals surface area contributed by atoms with Gasteiger partial charge in [-0.15, -0.1) is 0 Å². The monoisotopic (exact) mass is 335 g/mol. The van der Waals surface area contributed by atoms with Crippen LogP contribution in [0.25, 0.3) is 16.8 Å². The molecule has 2 heterocycles. The Labute approximate surface area is 144 Å². The van der Waals surface area contributed by atoms with Crippen LogP contribution in [-0.2, 0) is 6.42 Å². The number of phenols is 1. The molecule has 0 aliphatic rings. The lowest BCUT2D eigenvalue weighted by atomic mass is 10.00. The number of benzene rings is 1. The summed E-state index contributed by atoms with van der Waals surface area (Å²) in [5, 5.41) is 28.4.